The molecule has 2 saturated heterocycles. The Morgan fingerprint density at radius 1 is 1.27 bits per heavy atom. The molecule has 0 radical (unpaired) electrons. The number of aromatic amines is 1. The number of H-pyrrole nitrogens is 1. The number of nitrogens with zero attached hydrogens (tertiary/aromatic N) is 3. The fourth-order valence-corrected chi connectivity index (χ4v) is 4.66. The van der Waals surface area contributed by atoms with Crippen LogP contribution in [0.3, 0.4) is 0 Å². The molecular formula is C19H22N4O3. The molecule has 1 aliphatic carbocycles. The van der Waals surface area contributed by atoms with E-state index in [4.69, 9.17) is 9.40 Å². The molecule has 26 heavy (non-hydrogen) atoms. The molecule has 1 amide bonds. The molecule has 5 rings (SSSR count). The molecule has 2 aliphatic heterocycles. The van der Waals surface area contributed by atoms with Crippen LogP contribution in [0.1, 0.15) is 47.0 Å². The molecular weight excluding hydrogens is 332 g/mol. The summed E-state index contributed by atoms with van der Waals surface area (Å²) in [6, 6.07) is 3.43. The third-order valence-corrected chi connectivity index (χ3v) is 6.02. The van der Waals surface area contributed by atoms with Crippen LogP contribution >= 0.6 is 0 Å². The molecule has 136 valence electrons. The molecule has 0 spiro atoms. The van der Waals surface area contributed by atoms with Gasteiger partial charge in [0.25, 0.3) is 11.5 Å². The van der Waals surface area contributed by atoms with Crippen LogP contribution in [-0.4, -0.2) is 47.0 Å². The van der Waals surface area contributed by atoms with Gasteiger partial charge < -0.3 is 14.2 Å². The van der Waals surface area contributed by atoms with Gasteiger partial charge in [0, 0.05) is 37.7 Å². The van der Waals surface area contributed by atoms with Crippen LogP contribution in [0.2, 0.25) is 0 Å². The zero-order valence-corrected chi connectivity index (χ0v) is 14.6. The van der Waals surface area contributed by atoms with Crippen molar-refractivity contribution >= 4 is 11.9 Å². The van der Waals surface area contributed by atoms with E-state index in [2.05, 4.69) is 9.88 Å². The lowest BCUT2D eigenvalue weighted by atomic mass is 9.80. The number of hydrogen-bond donors (Lipinski definition) is 1. The Morgan fingerprint density at radius 2 is 2.12 bits per heavy atom. The molecule has 7 heteroatoms. The molecule has 3 aliphatic rings. The van der Waals surface area contributed by atoms with Crippen molar-refractivity contribution in [3.05, 3.63) is 45.8 Å². The van der Waals surface area contributed by atoms with Crippen molar-refractivity contribution in [3.63, 3.8) is 0 Å². The minimum atomic E-state index is -0.0736. The van der Waals surface area contributed by atoms with Gasteiger partial charge in [-0.3, -0.25) is 14.6 Å². The lowest BCUT2D eigenvalue weighted by Gasteiger charge is -2.27. The second kappa shape index (κ2) is 6.00. The van der Waals surface area contributed by atoms with Crippen LogP contribution in [0.5, 0.6) is 0 Å². The second-order valence-corrected chi connectivity index (χ2v) is 7.54. The molecule has 0 unspecified atom stereocenters. The van der Waals surface area contributed by atoms with E-state index in [9.17, 15) is 9.59 Å². The summed E-state index contributed by atoms with van der Waals surface area (Å²) in [5.74, 6) is 1.50. The van der Waals surface area contributed by atoms with Crippen molar-refractivity contribution in [3.8, 4) is 0 Å². The van der Waals surface area contributed by atoms with Gasteiger partial charge in [-0.1, -0.05) is 0 Å². The van der Waals surface area contributed by atoms with Gasteiger partial charge in [0.1, 0.15) is 0 Å². The van der Waals surface area contributed by atoms with Crippen LogP contribution in [0.4, 0.5) is 5.95 Å². The van der Waals surface area contributed by atoms with Crippen LogP contribution in [0.25, 0.3) is 0 Å². The summed E-state index contributed by atoms with van der Waals surface area (Å²) >= 11 is 0. The maximum absolute atomic E-state index is 12.6. The highest BCUT2D eigenvalue weighted by molar-refractivity contribution is 5.91. The van der Waals surface area contributed by atoms with Gasteiger partial charge in [0.15, 0.2) is 5.76 Å². The van der Waals surface area contributed by atoms with E-state index in [0.29, 0.717) is 30.7 Å². The Hall–Kier alpha value is -2.57. The van der Waals surface area contributed by atoms with Gasteiger partial charge in [-0.25, -0.2) is 4.98 Å². The number of aromatic nitrogens is 2. The quantitative estimate of drug-likeness (QED) is 0.889. The minimum Gasteiger partial charge on any atom is -0.459 e. The van der Waals surface area contributed by atoms with Gasteiger partial charge in [-0.2, -0.15) is 0 Å². The molecule has 2 fully saturated rings. The first kappa shape index (κ1) is 15.7. The number of likely N-dealkylation sites (tertiary alicyclic amines) is 1. The van der Waals surface area contributed by atoms with E-state index >= 15 is 0 Å². The van der Waals surface area contributed by atoms with Gasteiger partial charge in [0.05, 0.1) is 12.0 Å². The van der Waals surface area contributed by atoms with Crippen molar-refractivity contribution in [2.24, 2.45) is 5.92 Å². The summed E-state index contributed by atoms with van der Waals surface area (Å²) in [7, 11) is 0. The van der Waals surface area contributed by atoms with Crippen LogP contribution in [0, 0.1) is 5.92 Å². The van der Waals surface area contributed by atoms with E-state index in [1.165, 1.54) is 6.26 Å². The van der Waals surface area contributed by atoms with E-state index in [1.807, 2.05) is 4.90 Å². The number of carbonyl (C=O) groups is 1. The van der Waals surface area contributed by atoms with Crippen LogP contribution in [0.15, 0.2) is 27.6 Å². The summed E-state index contributed by atoms with van der Waals surface area (Å²) in [5, 5.41) is 0. The molecule has 2 aromatic rings. The van der Waals surface area contributed by atoms with E-state index in [0.717, 1.165) is 50.0 Å². The lowest BCUT2D eigenvalue weighted by Crippen LogP contribution is -2.31. The average Bonchev–Trinajstić information content (AvgIpc) is 3.41. The maximum Gasteiger partial charge on any atom is 0.289 e. The Kier molecular flexibility index (Phi) is 3.62. The first-order valence-corrected chi connectivity index (χ1v) is 9.41. The van der Waals surface area contributed by atoms with Gasteiger partial charge >= 0.3 is 0 Å². The van der Waals surface area contributed by atoms with Crippen molar-refractivity contribution < 1.29 is 9.21 Å². The average molecular weight is 354 g/mol. The SMILES string of the molecule is O=C(c1ccco1)N1C[C@H]2CCc3c(nc(N4CCCC4)[nH]c3=O)[C@H]2C1. The molecule has 0 aromatic carbocycles. The van der Waals surface area contributed by atoms with Gasteiger partial charge in [0.2, 0.25) is 5.95 Å². The number of hydrogen-bond acceptors (Lipinski definition) is 5. The zero-order valence-electron chi connectivity index (χ0n) is 14.6. The molecule has 7 nitrogen and oxygen atoms in total. The van der Waals surface area contributed by atoms with Crippen molar-refractivity contribution in [2.45, 2.75) is 31.6 Å². The molecule has 0 bridgehead atoms. The molecule has 1 N–H and O–H groups in total. The highest BCUT2D eigenvalue weighted by Crippen LogP contribution is 2.40. The summed E-state index contributed by atoms with van der Waals surface area (Å²) < 4.78 is 5.27. The third kappa shape index (κ3) is 2.45. The lowest BCUT2D eigenvalue weighted by molar-refractivity contribution is 0.0754. The highest BCUT2D eigenvalue weighted by atomic mass is 16.3. The zero-order chi connectivity index (χ0) is 17.7. The fourth-order valence-electron chi connectivity index (χ4n) is 4.66. The van der Waals surface area contributed by atoms with Crippen LogP contribution in [-0.2, 0) is 6.42 Å². The van der Waals surface area contributed by atoms with Crippen molar-refractivity contribution in [2.75, 3.05) is 31.1 Å². The smallest absolute Gasteiger partial charge is 0.289 e. The predicted molar refractivity (Wildman–Crippen MR) is 95.5 cm³/mol. The summed E-state index contributed by atoms with van der Waals surface area (Å²) in [6.07, 6.45) is 5.46. The van der Waals surface area contributed by atoms with Crippen molar-refractivity contribution in [1.82, 2.24) is 14.9 Å². The fraction of sp³-hybridized carbons (Fsp3) is 0.526. The minimum absolute atomic E-state index is 0.00818. The Labute approximate surface area is 151 Å². The van der Waals surface area contributed by atoms with E-state index in [1.54, 1.807) is 12.1 Å². The monoisotopic (exact) mass is 354 g/mol. The molecule has 4 heterocycles. The van der Waals surface area contributed by atoms with Gasteiger partial charge in [-0.05, 0) is 43.7 Å². The maximum atomic E-state index is 12.6. The first-order valence-electron chi connectivity index (χ1n) is 9.41. The van der Waals surface area contributed by atoms with Crippen molar-refractivity contribution in [1.29, 1.82) is 0 Å². The van der Waals surface area contributed by atoms with E-state index in [-0.39, 0.29) is 17.4 Å². The standard InChI is InChI=1S/C19H22N4O3/c24-17-13-6-5-12-10-23(18(25)15-4-3-9-26-15)11-14(12)16(13)20-19(21-17)22-7-1-2-8-22/h3-4,9,12,14H,1-2,5-8,10-11H2,(H,20,21,24)/t12-,14+/m1/s1. The summed E-state index contributed by atoms with van der Waals surface area (Å²) in [4.78, 5) is 37.1. The Morgan fingerprint density at radius 3 is 2.88 bits per heavy atom. The topological polar surface area (TPSA) is 82.4 Å². The summed E-state index contributed by atoms with van der Waals surface area (Å²) in [6.45, 7) is 3.20. The number of nitrogens with one attached hydrogen (secondary N) is 1. The second-order valence-electron chi connectivity index (χ2n) is 7.54. The number of fused-ring (bicyclic) bond motifs is 3. The number of amides is 1. The molecule has 2 aromatic heterocycles. The highest BCUT2D eigenvalue weighted by Gasteiger charge is 2.42. The Bertz CT molecular complexity index is 883. The van der Waals surface area contributed by atoms with Crippen LogP contribution < -0.4 is 10.5 Å². The summed E-state index contributed by atoms with van der Waals surface area (Å²) in [5.41, 5.74) is 1.70. The first-order chi connectivity index (χ1) is 12.7. The largest absolute Gasteiger partial charge is 0.459 e. The van der Waals surface area contributed by atoms with E-state index < -0.39 is 0 Å². The van der Waals surface area contributed by atoms with Gasteiger partial charge in [-0.15, -0.1) is 0 Å². The Balaban J connectivity index is 1.46. The number of anilines is 1. The molecule has 2 atom stereocenters. The number of carbonyl (C=O) groups excluding carboxylic acids is 1. The predicted octanol–water partition coefficient (Wildman–Crippen LogP) is 1.77. The third-order valence-electron chi connectivity index (χ3n) is 6.02. The molecule has 0 saturated carbocycles. The normalized spacial score (nSPS) is 24.6. The number of rotatable bonds is 2. The number of furan rings is 1.